The van der Waals surface area contributed by atoms with Crippen LogP contribution in [0, 0.1) is 0 Å². The van der Waals surface area contributed by atoms with Crippen molar-refractivity contribution in [2.75, 3.05) is 5.75 Å². The Morgan fingerprint density at radius 1 is 1.70 bits per heavy atom. The summed E-state index contributed by atoms with van der Waals surface area (Å²) in [6, 6.07) is 0. The molecule has 1 atom stereocenters. The molecule has 0 aromatic carbocycles. The van der Waals surface area contributed by atoms with Crippen molar-refractivity contribution in [3.05, 3.63) is 0 Å². The van der Waals surface area contributed by atoms with Gasteiger partial charge in [0.25, 0.3) is 0 Å². The summed E-state index contributed by atoms with van der Waals surface area (Å²) < 4.78 is 0. The minimum Gasteiger partial charge on any atom is -0.393 e. The molecule has 0 aromatic rings. The van der Waals surface area contributed by atoms with Crippen molar-refractivity contribution in [2.45, 2.75) is 32.8 Å². The van der Waals surface area contributed by atoms with E-state index in [4.69, 9.17) is 5.11 Å². The van der Waals surface area contributed by atoms with Crippen molar-refractivity contribution in [2.24, 2.45) is 0 Å². The van der Waals surface area contributed by atoms with Crippen molar-refractivity contribution in [3.8, 4) is 0 Å². The van der Waals surface area contributed by atoms with Crippen LogP contribution in [0.5, 0.6) is 0 Å². The van der Waals surface area contributed by atoms with E-state index < -0.39 is 6.10 Å². The van der Waals surface area contributed by atoms with Gasteiger partial charge in [-0.3, -0.25) is 4.79 Å². The van der Waals surface area contributed by atoms with Crippen LogP contribution >= 0.6 is 11.8 Å². The molecule has 0 saturated carbocycles. The molecule has 10 heavy (non-hydrogen) atoms. The Morgan fingerprint density at radius 3 is 2.70 bits per heavy atom. The van der Waals surface area contributed by atoms with Crippen LogP contribution in [0.15, 0.2) is 0 Å². The van der Waals surface area contributed by atoms with Gasteiger partial charge >= 0.3 is 0 Å². The van der Waals surface area contributed by atoms with Crippen LogP contribution in [0.3, 0.4) is 0 Å². The molecule has 0 aliphatic carbocycles. The lowest BCUT2D eigenvalue weighted by Gasteiger charge is -2.00. The van der Waals surface area contributed by atoms with Crippen LogP contribution in [-0.2, 0) is 4.79 Å². The summed E-state index contributed by atoms with van der Waals surface area (Å²) in [6.45, 7) is 3.66. The van der Waals surface area contributed by atoms with E-state index in [-0.39, 0.29) is 11.5 Å². The summed E-state index contributed by atoms with van der Waals surface area (Å²) in [7, 11) is 0. The minimum atomic E-state index is -0.489. The van der Waals surface area contributed by atoms with Gasteiger partial charge in [-0.05, 0) is 13.3 Å². The number of aliphatic hydroxyl groups is 1. The lowest BCUT2D eigenvalue weighted by atomic mass is 10.3. The van der Waals surface area contributed by atoms with Gasteiger partial charge in [0, 0.05) is 12.2 Å². The topological polar surface area (TPSA) is 37.3 Å². The van der Waals surface area contributed by atoms with E-state index >= 15 is 0 Å². The van der Waals surface area contributed by atoms with Gasteiger partial charge in [0.05, 0.1) is 6.10 Å². The first-order valence-electron chi connectivity index (χ1n) is 3.50. The second-order valence-electron chi connectivity index (χ2n) is 2.27. The first-order chi connectivity index (χ1) is 4.66. The Labute approximate surface area is 66.0 Å². The largest absolute Gasteiger partial charge is 0.393 e. The molecule has 0 spiro atoms. The first kappa shape index (κ1) is 9.98. The van der Waals surface area contributed by atoms with Gasteiger partial charge in [0.15, 0.2) is 5.12 Å². The fraction of sp³-hybridized carbons (Fsp3) is 0.857. The van der Waals surface area contributed by atoms with Gasteiger partial charge in [0.1, 0.15) is 0 Å². The van der Waals surface area contributed by atoms with Gasteiger partial charge in [-0.2, -0.15) is 0 Å². The lowest BCUT2D eigenvalue weighted by molar-refractivity contribution is -0.112. The quantitative estimate of drug-likeness (QED) is 0.679. The molecule has 0 amide bonds. The van der Waals surface area contributed by atoms with Gasteiger partial charge in [-0.25, -0.2) is 0 Å². The molecule has 0 bridgehead atoms. The molecule has 3 heteroatoms. The molecular formula is C7H14O2S. The van der Waals surface area contributed by atoms with Crippen LogP contribution < -0.4 is 0 Å². The highest BCUT2D eigenvalue weighted by Gasteiger charge is 2.04. The monoisotopic (exact) mass is 162 g/mol. The highest BCUT2D eigenvalue weighted by atomic mass is 32.2. The number of aliphatic hydroxyl groups excluding tert-OH is 1. The molecule has 0 aromatic heterocycles. The number of hydrogen-bond donors (Lipinski definition) is 1. The van der Waals surface area contributed by atoms with Gasteiger partial charge in [-0.1, -0.05) is 18.7 Å². The Hall–Kier alpha value is -0.0200. The molecule has 0 aliphatic rings. The Morgan fingerprint density at radius 2 is 2.30 bits per heavy atom. The Bertz CT molecular complexity index is 102. The van der Waals surface area contributed by atoms with E-state index in [2.05, 4.69) is 0 Å². The van der Waals surface area contributed by atoms with E-state index in [0.717, 1.165) is 12.2 Å². The number of carbonyl (C=O) groups is 1. The van der Waals surface area contributed by atoms with E-state index in [0.29, 0.717) is 0 Å². The second kappa shape index (κ2) is 5.74. The van der Waals surface area contributed by atoms with Crippen LogP contribution in [0.4, 0.5) is 0 Å². The maximum absolute atomic E-state index is 10.8. The summed E-state index contributed by atoms with van der Waals surface area (Å²) >= 11 is 1.31. The Balaban J connectivity index is 3.26. The zero-order chi connectivity index (χ0) is 7.98. The molecule has 0 fully saturated rings. The number of thioether (sulfide) groups is 1. The van der Waals surface area contributed by atoms with Crippen molar-refractivity contribution in [1.82, 2.24) is 0 Å². The average molecular weight is 162 g/mol. The highest BCUT2D eigenvalue weighted by Crippen LogP contribution is 2.08. The van der Waals surface area contributed by atoms with Crippen molar-refractivity contribution in [1.29, 1.82) is 0 Å². The lowest BCUT2D eigenvalue weighted by Crippen LogP contribution is -2.06. The Kier molecular flexibility index (Phi) is 5.73. The summed E-state index contributed by atoms with van der Waals surface area (Å²) in [5, 5.41) is 8.88. The van der Waals surface area contributed by atoms with Gasteiger partial charge in [0.2, 0.25) is 0 Å². The van der Waals surface area contributed by atoms with Crippen molar-refractivity contribution < 1.29 is 9.90 Å². The summed E-state index contributed by atoms with van der Waals surface area (Å²) in [5.41, 5.74) is 0. The predicted molar refractivity (Wildman–Crippen MR) is 44.1 cm³/mol. The van der Waals surface area contributed by atoms with E-state index in [1.54, 1.807) is 6.92 Å². The third kappa shape index (κ3) is 6.11. The first-order valence-corrected chi connectivity index (χ1v) is 4.49. The third-order valence-corrected chi connectivity index (χ3v) is 2.03. The third-order valence-electron chi connectivity index (χ3n) is 0.929. The highest BCUT2D eigenvalue weighted by molar-refractivity contribution is 8.13. The van der Waals surface area contributed by atoms with E-state index in [1.165, 1.54) is 11.8 Å². The molecule has 0 unspecified atom stereocenters. The number of hydrogen-bond acceptors (Lipinski definition) is 3. The normalized spacial score (nSPS) is 13.1. The fourth-order valence-corrected chi connectivity index (χ4v) is 1.31. The summed E-state index contributed by atoms with van der Waals surface area (Å²) in [6.07, 6.45) is 0.804. The van der Waals surface area contributed by atoms with Crippen molar-refractivity contribution >= 4 is 16.9 Å². The summed E-state index contributed by atoms with van der Waals surface area (Å²) in [5.74, 6) is 0.867. The van der Waals surface area contributed by atoms with E-state index in [1.807, 2.05) is 6.92 Å². The fourth-order valence-electron chi connectivity index (χ4n) is 0.516. The predicted octanol–water partition coefficient (Wildman–Crippen LogP) is 1.43. The number of carbonyl (C=O) groups excluding carboxylic acids is 1. The molecule has 0 aliphatic heterocycles. The molecule has 2 nitrogen and oxygen atoms in total. The number of rotatable bonds is 4. The van der Waals surface area contributed by atoms with Gasteiger partial charge in [-0.15, -0.1) is 0 Å². The minimum absolute atomic E-state index is 0.0943. The zero-order valence-corrected chi connectivity index (χ0v) is 7.28. The molecule has 0 rings (SSSR count). The molecule has 60 valence electrons. The smallest absolute Gasteiger partial charge is 0.191 e. The van der Waals surface area contributed by atoms with Crippen LogP contribution in [0.1, 0.15) is 26.7 Å². The molecule has 0 saturated heterocycles. The molecule has 0 heterocycles. The standard InChI is InChI=1S/C7H14O2S/c1-3-4-10-7(9)5-6(2)8/h6,8H,3-5H2,1-2H3/t6-/m1/s1. The average Bonchev–Trinajstić information content (AvgIpc) is 1.82. The van der Waals surface area contributed by atoms with Crippen molar-refractivity contribution in [3.63, 3.8) is 0 Å². The molecule has 0 radical (unpaired) electrons. The maximum atomic E-state index is 10.8. The molecule has 1 N–H and O–H groups in total. The van der Waals surface area contributed by atoms with Crippen LogP contribution in [0.25, 0.3) is 0 Å². The second-order valence-corrected chi connectivity index (χ2v) is 3.43. The summed E-state index contributed by atoms with van der Waals surface area (Å²) in [4.78, 5) is 10.8. The van der Waals surface area contributed by atoms with Crippen LogP contribution in [0.2, 0.25) is 0 Å². The van der Waals surface area contributed by atoms with Crippen LogP contribution in [-0.4, -0.2) is 22.1 Å². The SMILES string of the molecule is CCCSC(=O)C[C@@H](C)O. The molecular weight excluding hydrogens is 148 g/mol. The maximum Gasteiger partial charge on any atom is 0.191 e. The zero-order valence-electron chi connectivity index (χ0n) is 6.46. The van der Waals surface area contributed by atoms with Gasteiger partial charge < -0.3 is 5.11 Å². The van der Waals surface area contributed by atoms with E-state index in [9.17, 15) is 4.79 Å².